The van der Waals surface area contributed by atoms with Crippen LogP contribution in [0.4, 0.5) is 11.8 Å². The molecule has 1 aromatic heterocycles. The summed E-state index contributed by atoms with van der Waals surface area (Å²) in [6, 6.07) is 8.10. The number of carbonyl (C=O) groups excluding carboxylic acids is 1. The smallest absolute Gasteiger partial charge is 0.228 e. The molecule has 0 radical (unpaired) electrons. The summed E-state index contributed by atoms with van der Waals surface area (Å²) in [5, 5.41) is 1.60. The van der Waals surface area contributed by atoms with Crippen LogP contribution in [-0.2, 0) is 9.47 Å². The summed E-state index contributed by atoms with van der Waals surface area (Å²) in [5.74, 6) is 1.64. The molecule has 2 aliphatic rings. The fraction of sp³-hybridized carbons (Fsp3) is 0.444. The van der Waals surface area contributed by atoms with Crippen LogP contribution in [0.15, 0.2) is 30.3 Å². The van der Waals surface area contributed by atoms with Gasteiger partial charge in [0.2, 0.25) is 5.95 Å². The summed E-state index contributed by atoms with van der Waals surface area (Å²) in [4.78, 5) is 26.1. The van der Waals surface area contributed by atoms with Crippen molar-refractivity contribution in [3.8, 4) is 0 Å². The molecule has 1 unspecified atom stereocenters. The Kier molecular flexibility index (Phi) is 7.44. The summed E-state index contributed by atoms with van der Waals surface area (Å²) >= 11 is 0. The molecule has 3 heterocycles. The van der Waals surface area contributed by atoms with Crippen molar-refractivity contribution in [2.75, 3.05) is 49.3 Å². The molecule has 180 valence electrons. The zero-order valence-corrected chi connectivity index (χ0v) is 20.6. The van der Waals surface area contributed by atoms with E-state index in [-0.39, 0.29) is 17.9 Å². The standard InChI is InChI=1S/C27H34N4O3/c1-18(23-7-6-8-24(15-23)22(5)32)9-10-25-21(4)28-27(31-12-14-34-17-20(31)3)29-26(25)30-11-13-33-16-19(30)2/h6-10,15,19-20H,4,11-14,16-17H2,1-3,5H3/b18-9+,25-10+/t19?,20-/m0/s1. The Bertz CT molecular complexity index is 1190. The zero-order chi connectivity index (χ0) is 24.2. The molecule has 2 saturated heterocycles. The number of hydrogen-bond donors (Lipinski definition) is 0. The minimum absolute atomic E-state index is 0.0589. The van der Waals surface area contributed by atoms with Gasteiger partial charge in [-0.3, -0.25) is 4.79 Å². The Morgan fingerprint density at radius 3 is 2.32 bits per heavy atom. The highest BCUT2D eigenvalue weighted by molar-refractivity contribution is 5.95. The number of hydrogen-bond acceptors (Lipinski definition) is 7. The molecule has 2 fully saturated rings. The van der Waals surface area contributed by atoms with Crippen molar-refractivity contribution in [1.29, 1.82) is 0 Å². The van der Waals surface area contributed by atoms with E-state index in [2.05, 4.69) is 36.3 Å². The maximum absolute atomic E-state index is 11.8. The quantitative estimate of drug-likeness (QED) is 0.632. The Morgan fingerprint density at radius 1 is 1.03 bits per heavy atom. The van der Waals surface area contributed by atoms with Gasteiger partial charge in [0.15, 0.2) is 5.78 Å². The summed E-state index contributed by atoms with van der Waals surface area (Å²) < 4.78 is 11.3. The molecule has 1 aromatic carbocycles. The third kappa shape index (κ3) is 5.21. The highest BCUT2D eigenvalue weighted by Gasteiger charge is 2.26. The normalized spacial score (nSPS) is 22.2. The summed E-state index contributed by atoms with van der Waals surface area (Å²) in [5.41, 5.74) is 2.77. The molecule has 4 rings (SSSR count). The van der Waals surface area contributed by atoms with Crippen LogP contribution < -0.4 is 20.4 Å². The van der Waals surface area contributed by atoms with Crippen molar-refractivity contribution in [3.63, 3.8) is 0 Å². The molecule has 7 nitrogen and oxygen atoms in total. The largest absolute Gasteiger partial charge is 0.377 e. The molecule has 0 N–H and O–H groups in total. The molecule has 7 heteroatoms. The number of morpholine rings is 2. The second-order valence-corrected chi connectivity index (χ2v) is 9.10. The molecule has 0 aliphatic carbocycles. The van der Waals surface area contributed by atoms with E-state index in [9.17, 15) is 4.79 Å². The van der Waals surface area contributed by atoms with Gasteiger partial charge in [0.05, 0.1) is 43.9 Å². The van der Waals surface area contributed by atoms with E-state index in [1.807, 2.05) is 37.3 Å². The van der Waals surface area contributed by atoms with E-state index >= 15 is 0 Å². The minimum Gasteiger partial charge on any atom is -0.377 e. The van der Waals surface area contributed by atoms with E-state index in [1.165, 1.54) is 0 Å². The van der Waals surface area contributed by atoms with Crippen LogP contribution in [0.2, 0.25) is 0 Å². The third-order valence-electron chi connectivity index (χ3n) is 6.48. The lowest BCUT2D eigenvalue weighted by Crippen LogP contribution is -2.50. The first-order valence-corrected chi connectivity index (χ1v) is 11.9. The van der Waals surface area contributed by atoms with Crippen LogP contribution in [-0.4, -0.2) is 67.4 Å². The molecular weight excluding hydrogens is 428 g/mol. The predicted molar refractivity (Wildman–Crippen MR) is 137 cm³/mol. The number of ether oxygens (including phenoxy) is 2. The molecule has 0 spiro atoms. The Balaban J connectivity index is 1.80. The number of Topliss-reactive ketones (excluding diaryl/α,β-unsaturated/α-hetero) is 1. The number of anilines is 2. The number of benzene rings is 1. The van der Waals surface area contributed by atoms with Gasteiger partial charge in [-0.05, 0) is 51.0 Å². The molecule has 0 saturated carbocycles. The SMILES string of the molecule is C=c1nc(N2CCOC[C@@H]2C)nc(N2CCOCC2C)/c1=C/C=C(\C)c1cccc(C(C)=O)c1. The molecule has 0 amide bonds. The van der Waals surface area contributed by atoms with Gasteiger partial charge in [-0.25, -0.2) is 4.98 Å². The van der Waals surface area contributed by atoms with Crippen LogP contribution >= 0.6 is 0 Å². The summed E-state index contributed by atoms with van der Waals surface area (Å²) in [6.07, 6.45) is 4.10. The maximum atomic E-state index is 11.8. The van der Waals surface area contributed by atoms with Crippen molar-refractivity contribution in [3.05, 3.63) is 52.0 Å². The van der Waals surface area contributed by atoms with Gasteiger partial charge in [-0.15, -0.1) is 0 Å². The first kappa shape index (κ1) is 24.1. The van der Waals surface area contributed by atoms with Crippen LogP contribution in [0, 0.1) is 0 Å². The van der Waals surface area contributed by atoms with Crippen LogP contribution in [0.1, 0.15) is 43.6 Å². The number of carbonyl (C=O) groups is 1. The highest BCUT2D eigenvalue weighted by Crippen LogP contribution is 2.19. The predicted octanol–water partition coefficient (Wildman–Crippen LogP) is 2.42. The lowest BCUT2D eigenvalue weighted by atomic mass is 10.0. The van der Waals surface area contributed by atoms with Crippen LogP contribution in [0.25, 0.3) is 18.2 Å². The van der Waals surface area contributed by atoms with E-state index in [0.717, 1.165) is 35.3 Å². The van der Waals surface area contributed by atoms with Gasteiger partial charge in [-0.2, -0.15) is 4.98 Å². The van der Waals surface area contributed by atoms with Crippen molar-refractivity contribution >= 4 is 35.8 Å². The fourth-order valence-electron chi connectivity index (χ4n) is 4.36. The van der Waals surface area contributed by atoms with Gasteiger partial charge >= 0.3 is 0 Å². The molecule has 2 aliphatic heterocycles. The Morgan fingerprint density at radius 2 is 1.68 bits per heavy atom. The number of allylic oxidation sites excluding steroid dienone is 2. The van der Waals surface area contributed by atoms with Crippen molar-refractivity contribution in [2.24, 2.45) is 0 Å². The average Bonchev–Trinajstić information content (AvgIpc) is 2.83. The third-order valence-corrected chi connectivity index (χ3v) is 6.48. The van der Waals surface area contributed by atoms with E-state index in [4.69, 9.17) is 19.4 Å². The maximum Gasteiger partial charge on any atom is 0.228 e. The topological polar surface area (TPSA) is 67.8 Å². The first-order valence-electron chi connectivity index (χ1n) is 11.9. The van der Waals surface area contributed by atoms with Gasteiger partial charge < -0.3 is 19.3 Å². The molecule has 0 bridgehead atoms. The van der Waals surface area contributed by atoms with Crippen molar-refractivity contribution in [2.45, 2.75) is 39.8 Å². The van der Waals surface area contributed by atoms with E-state index in [1.54, 1.807) is 6.92 Å². The minimum atomic E-state index is 0.0589. The fourth-order valence-corrected chi connectivity index (χ4v) is 4.36. The van der Waals surface area contributed by atoms with Crippen molar-refractivity contribution < 1.29 is 14.3 Å². The van der Waals surface area contributed by atoms with Gasteiger partial charge in [0.1, 0.15) is 5.82 Å². The van der Waals surface area contributed by atoms with Gasteiger partial charge in [0, 0.05) is 23.9 Å². The summed E-state index contributed by atoms with van der Waals surface area (Å²) in [6.45, 7) is 16.4. The highest BCUT2D eigenvalue weighted by atomic mass is 16.5. The molecule has 2 aromatic rings. The van der Waals surface area contributed by atoms with Crippen LogP contribution in [0.3, 0.4) is 0 Å². The first-order chi connectivity index (χ1) is 16.3. The lowest BCUT2D eigenvalue weighted by Gasteiger charge is -2.36. The number of nitrogens with zero attached hydrogens (tertiary/aromatic N) is 4. The number of aromatic nitrogens is 2. The zero-order valence-electron chi connectivity index (χ0n) is 20.6. The van der Waals surface area contributed by atoms with E-state index < -0.39 is 0 Å². The second-order valence-electron chi connectivity index (χ2n) is 9.10. The van der Waals surface area contributed by atoms with Gasteiger partial charge in [0.25, 0.3) is 0 Å². The molecule has 2 atom stereocenters. The lowest BCUT2D eigenvalue weighted by molar-refractivity contribution is 0.0971. The Hall–Kier alpha value is -3.03. The van der Waals surface area contributed by atoms with Gasteiger partial charge in [-0.1, -0.05) is 30.9 Å². The molecule has 34 heavy (non-hydrogen) atoms. The number of rotatable bonds is 5. The van der Waals surface area contributed by atoms with E-state index in [0.29, 0.717) is 43.3 Å². The second kappa shape index (κ2) is 10.5. The monoisotopic (exact) mass is 462 g/mol. The Labute approximate surface area is 201 Å². The van der Waals surface area contributed by atoms with Crippen LogP contribution in [0.5, 0.6) is 0 Å². The molecular formula is C27H34N4O3. The average molecular weight is 463 g/mol. The number of ketones is 1. The van der Waals surface area contributed by atoms with Crippen molar-refractivity contribution in [1.82, 2.24) is 9.97 Å². The summed E-state index contributed by atoms with van der Waals surface area (Å²) in [7, 11) is 0.